The second-order valence-corrected chi connectivity index (χ2v) is 10.8. The zero-order valence-electron chi connectivity index (χ0n) is 21.2. The van der Waals surface area contributed by atoms with E-state index >= 15 is 0 Å². The van der Waals surface area contributed by atoms with Gasteiger partial charge in [-0.2, -0.15) is 10.2 Å². The third-order valence-electron chi connectivity index (χ3n) is 7.48. The fourth-order valence-corrected chi connectivity index (χ4v) is 5.53. The molecule has 1 spiro atoms. The first-order valence-corrected chi connectivity index (χ1v) is 12.4. The van der Waals surface area contributed by atoms with Gasteiger partial charge in [0.05, 0.1) is 41.0 Å². The number of carbonyl (C=O) groups excluding carboxylic acids is 1. The van der Waals surface area contributed by atoms with E-state index in [0.717, 1.165) is 43.3 Å². The number of nitrogens with zero attached hydrogens (tertiary/aromatic N) is 6. The number of ether oxygens (including phenoxy) is 2. The maximum atomic E-state index is 13.0. The van der Waals surface area contributed by atoms with E-state index in [0.29, 0.717) is 36.3 Å². The van der Waals surface area contributed by atoms with Crippen LogP contribution in [0.15, 0.2) is 29.0 Å². The Morgan fingerprint density at radius 1 is 1.39 bits per heavy atom. The summed E-state index contributed by atoms with van der Waals surface area (Å²) in [4.78, 5) is 23.7. The van der Waals surface area contributed by atoms with E-state index in [1.807, 2.05) is 39.2 Å². The maximum Gasteiger partial charge on any atom is 0.410 e. The molecule has 3 heterocycles. The molecule has 1 aliphatic carbocycles. The first-order valence-electron chi connectivity index (χ1n) is 12.4. The second-order valence-electron chi connectivity index (χ2n) is 10.8. The lowest BCUT2D eigenvalue weighted by atomic mass is 9.77. The molecule has 0 radical (unpaired) electrons. The molecule has 0 N–H and O–H groups in total. The Bertz CT molecular complexity index is 1310. The molecule has 2 fully saturated rings. The first-order chi connectivity index (χ1) is 17.2. The lowest BCUT2D eigenvalue weighted by Crippen LogP contribution is -2.43. The van der Waals surface area contributed by atoms with E-state index in [1.54, 1.807) is 18.1 Å². The van der Waals surface area contributed by atoms with Crippen LogP contribution in [-0.4, -0.2) is 56.5 Å². The van der Waals surface area contributed by atoms with Gasteiger partial charge in [0.2, 0.25) is 5.89 Å². The van der Waals surface area contributed by atoms with E-state index in [9.17, 15) is 10.1 Å². The lowest BCUT2D eigenvalue weighted by molar-refractivity contribution is 0.00413. The van der Waals surface area contributed by atoms with Crippen molar-refractivity contribution in [3.05, 3.63) is 41.8 Å². The van der Waals surface area contributed by atoms with E-state index in [-0.39, 0.29) is 12.2 Å². The second kappa shape index (κ2) is 9.21. The highest BCUT2D eigenvalue weighted by atomic mass is 16.6. The van der Waals surface area contributed by atoms with E-state index in [2.05, 4.69) is 25.8 Å². The molecule has 2 aliphatic rings. The minimum atomic E-state index is -0.536. The van der Waals surface area contributed by atoms with Gasteiger partial charge < -0.3 is 23.5 Å². The molecule has 1 aliphatic heterocycles. The summed E-state index contributed by atoms with van der Waals surface area (Å²) >= 11 is 0. The van der Waals surface area contributed by atoms with Crippen LogP contribution in [0.3, 0.4) is 0 Å². The van der Waals surface area contributed by atoms with Crippen molar-refractivity contribution >= 4 is 17.1 Å². The van der Waals surface area contributed by atoms with Gasteiger partial charge in [-0.25, -0.2) is 9.78 Å². The molecule has 1 saturated heterocycles. The van der Waals surface area contributed by atoms with Crippen molar-refractivity contribution in [1.29, 1.82) is 5.26 Å². The summed E-state index contributed by atoms with van der Waals surface area (Å²) in [7, 11) is 1.60. The highest BCUT2D eigenvalue weighted by Gasteiger charge is 2.49. The SMILES string of the molecule is COC(C)c1noc(C(C)(C)CN2C[C@@]3(CCC[C@H](Cn4cnc5ccc(C#N)cc54)C3)OC2=O)n1. The van der Waals surface area contributed by atoms with Gasteiger partial charge >= 0.3 is 6.09 Å². The predicted octanol–water partition coefficient (Wildman–Crippen LogP) is 4.36. The number of hydrogen-bond acceptors (Lipinski definition) is 8. The van der Waals surface area contributed by atoms with E-state index in [4.69, 9.17) is 14.0 Å². The Morgan fingerprint density at radius 2 is 2.22 bits per heavy atom. The van der Waals surface area contributed by atoms with Crippen molar-refractivity contribution < 1.29 is 18.8 Å². The quantitative estimate of drug-likeness (QED) is 0.477. The van der Waals surface area contributed by atoms with Crippen molar-refractivity contribution in [1.82, 2.24) is 24.6 Å². The Hall–Kier alpha value is -3.45. The number of hydrogen-bond donors (Lipinski definition) is 0. The van der Waals surface area contributed by atoms with Crippen LogP contribution in [0.5, 0.6) is 0 Å². The number of methoxy groups -OCH3 is 1. The van der Waals surface area contributed by atoms with Crippen LogP contribution in [0.2, 0.25) is 0 Å². The summed E-state index contributed by atoms with van der Waals surface area (Å²) in [6, 6.07) is 7.76. The third-order valence-corrected chi connectivity index (χ3v) is 7.48. The standard InChI is InChI=1S/C26H32N6O4/c1-17(34-4)22-29-23(36-30-22)25(2,3)14-32-15-26(35-24(32)33)9-5-6-19(11-26)13-31-16-28-20-8-7-18(12-27)10-21(20)31/h7-8,10,16-17,19H,5-6,9,11,13-15H2,1-4H3/t17?,19-,26-/m0/s1. The predicted molar refractivity (Wildman–Crippen MR) is 130 cm³/mol. The topological polar surface area (TPSA) is 119 Å². The summed E-state index contributed by atoms with van der Waals surface area (Å²) in [6.45, 7) is 7.58. The van der Waals surface area contributed by atoms with Crippen LogP contribution in [0.1, 0.15) is 69.8 Å². The van der Waals surface area contributed by atoms with Crippen LogP contribution < -0.4 is 0 Å². The molecule has 10 nitrogen and oxygen atoms in total. The Morgan fingerprint density at radius 3 is 3.00 bits per heavy atom. The zero-order valence-corrected chi connectivity index (χ0v) is 21.2. The monoisotopic (exact) mass is 492 g/mol. The van der Waals surface area contributed by atoms with Crippen LogP contribution in [0, 0.1) is 17.2 Å². The smallest absolute Gasteiger partial charge is 0.410 e. The van der Waals surface area contributed by atoms with Crippen LogP contribution in [-0.2, 0) is 21.4 Å². The zero-order chi connectivity index (χ0) is 25.5. The van der Waals surface area contributed by atoms with Gasteiger partial charge in [-0.05, 0) is 70.6 Å². The van der Waals surface area contributed by atoms with Crippen LogP contribution in [0.25, 0.3) is 11.0 Å². The molecule has 2 aromatic heterocycles. The minimum absolute atomic E-state index is 0.267. The highest BCUT2D eigenvalue weighted by molar-refractivity contribution is 5.77. The summed E-state index contributed by atoms with van der Waals surface area (Å²) in [5, 5.41) is 13.3. The summed E-state index contributed by atoms with van der Waals surface area (Å²) < 4.78 is 19.0. The van der Waals surface area contributed by atoms with E-state index in [1.165, 1.54) is 0 Å². The number of amides is 1. The number of nitriles is 1. The number of benzene rings is 1. The molecule has 3 atom stereocenters. The normalized spacial score (nSPS) is 23.2. The third kappa shape index (κ3) is 4.55. The number of imidazole rings is 1. The summed E-state index contributed by atoms with van der Waals surface area (Å²) in [5.74, 6) is 1.31. The average Bonchev–Trinajstić information content (AvgIpc) is 3.57. The Balaban J connectivity index is 1.27. The number of rotatable bonds is 7. The maximum absolute atomic E-state index is 13.0. The fraction of sp³-hybridized carbons (Fsp3) is 0.577. The summed E-state index contributed by atoms with van der Waals surface area (Å²) in [5.41, 5.74) is 1.43. The highest BCUT2D eigenvalue weighted by Crippen LogP contribution is 2.41. The first kappa shape index (κ1) is 24.3. The average molecular weight is 493 g/mol. The molecule has 3 aromatic rings. The van der Waals surface area contributed by atoms with Crippen molar-refractivity contribution in [2.45, 2.75) is 70.1 Å². The molecule has 1 saturated carbocycles. The molecular weight excluding hydrogens is 460 g/mol. The van der Waals surface area contributed by atoms with Crippen LogP contribution >= 0.6 is 0 Å². The Labute approximate surface area is 210 Å². The van der Waals surface area contributed by atoms with Gasteiger partial charge in [-0.3, -0.25) is 0 Å². The molecule has 0 bridgehead atoms. The molecule has 1 unspecified atom stereocenters. The summed E-state index contributed by atoms with van der Waals surface area (Å²) in [6.07, 6.45) is 4.98. The number of fused-ring (bicyclic) bond motifs is 1. The number of carbonyl (C=O) groups is 1. The molecule has 10 heteroatoms. The lowest BCUT2D eigenvalue weighted by Gasteiger charge is -2.36. The fourth-order valence-electron chi connectivity index (χ4n) is 5.53. The van der Waals surface area contributed by atoms with Gasteiger partial charge in [-0.15, -0.1) is 0 Å². The van der Waals surface area contributed by atoms with Crippen molar-refractivity contribution in [2.75, 3.05) is 20.2 Å². The van der Waals surface area contributed by atoms with Crippen LogP contribution in [0.4, 0.5) is 4.79 Å². The van der Waals surface area contributed by atoms with E-state index < -0.39 is 11.0 Å². The van der Waals surface area contributed by atoms with Gasteiger partial charge in [0.1, 0.15) is 11.7 Å². The molecule has 190 valence electrons. The van der Waals surface area contributed by atoms with Crippen molar-refractivity contribution in [3.63, 3.8) is 0 Å². The Kier molecular flexibility index (Phi) is 6.20. The minimum Gasteiger partial charge on any atom is -0.441 e. The largest absolute Gasteiger partial charge is 0.441 e. The van der Waals surface area contributed by atoms with Crippen molar-refractivity contribution in [2.24, 2.45) is 5.92 Å². The van der Waals surface area contributed by atoms with Gasteiger partial charge in [0.25, 0.3) is 0 Å². The molecule has 36 heavy (non-hydrogen) atoms. The van der Waals surface area contributed by atoms with Gasteiger partial charge in [0.15, 0.2) is 5.82 Å². The van der Waals surface area contributed by atoms with Gasteiger partial charge in [-0.1, -0.05) is 5.16 Å². The van der Waals surface area contributed by atoms with Crippen molar-refractivity contribution in [3.8, 4) is 6.07 Å². The number of aromatic nitrogens is 4. The molecular formula is C26H32N6O4. The van der Waals surface area contributed by atoms with Gasteiger partial charge in [0, 0.05) is 20.2 Å². The molecule has 1 aromatic carbocycles. The molecule has 5 rings (SSSR count). The molecule has 1 amide bonds.